The Morgan fingerprint density at radius 3 is 1.59 bits per heavy atom. The Kier molecular flexibility index (Phi) is 32.7. The Hall–Kier alpha value is -2.39. The average Bonchev–Trinajstić information content (AvgIpc) is 3.18. The Balaban J connectivity index is 2.49. The topological polar surface area (TPSA) is 186 Å². The molecule has 0 saturated carbocycles. The van der Waals surface area contributed by atoms with Crippen LogP contribution in [0.15, 0.2) is 48.6 Å². The van der Waals surface area contributed by atoms with E-state index in [-0.39, 0.29) is 19.4 Å². The lowest BCUT2D eigenvalue weighted by molar-refractivity contribution is -0.297. The number of hydrogen-bond donors (Lipinski definition) is 4. The lowest BCUT2D eigenvalue weighted by Gasteiger charge is -2.40. The number of carbonyl (C=O) groups is 2. The molecule has 0 aromatic rings. The Morgan fingerprint density at radius 2 is 1.03 bits per heavy atom. The van der Waals surface area contributed by atoms with Gasteiger partial charge in [-0.3, -0.25) is 14.1 Å². The predicted molar refractivity (Wildman–Crippen MR) is 229 cm³/mol. The number of aliphatic hydroxyl groups is 3. The first-order valence-corrected chi connectivity index (χ1v) is 23.8. The van der Waals surface area contributed by atoms with E-state index in [1.165, 1.54) is 44.9 Å². The van der Waals surface area contributed by atoms with Crippen LogP contribution >= 0.6 is 0 Å². The van der Waals surface area contributed by atoms with Crippen LogP contribution < -0.4 is 0 Å². The summed E-state index contributed by atoms with van der Waals surface area (Å²) in [5.74, 6) is -2.03. The molecule has 1 fully saturated rings. The van der Waals surface area contributed by atoms with E-state index < -0.39 is 71.2 Å². The molecule has 58 heavy (non-hydrogen) atoms. The fraction of sp³-hybridized carbons (Fsp3) is 0.778. The molecular weight excluding hydrogens is 765 g/mol. The fourth-order valence-corrected chi connectivity index (χ4v) is 7.07. The van der Waals surface area contributed by atoms with Gasteiger partial charge >= 0.3 is 11.9 Å². The van der Waals surface area contributed by atoms with Crippen molar-refractivity contribution in [1.82, 2.24) is 0 Å². The highest BCUT2D eigenvalue weighted by molar-refractivity contribution is 7.85. The van der Waals surface area contributed by atoms with Gasteiger partial charge in [0.1, 0.15) is 36.8 Å². The van der Waals surface area contributed by atoms with Gasteiger partial charge in [0.15, 0.2) is 12.4 Å². The molecule has 1 aliphatic rings. The van der Waals surface area contributed by atoms with Gasteiger partial charge in [0.25, 0.3) is 10.1 Å². The maximum absolute atomic E-state index is 12.8. The van der Waals surface area contributed by atoms with Crippen molar-refractivity contribution in [3.05, 3.63) is 48.6 Å². The minimum absolute atomic E-state index is 0.136. The molecule has 2 unspecified atom stereocenters. The molecule has 0 spiro atoms. The molecule has 1 aliphatic heterocycles. The zero-order valence-electron chi connectivity index (χ0n) is 35.6. The fourth-order valence-electron chi connectivity index (χ4n) is 6.38. The molecule has 0 aromatic carbocycles. The first kappa shape index (κ1) is 53.6. The molecule has 1 saturated heterocycles. The molecule has 4 N–H and O–H groups in total. The van der Waals surface area contributed by atoms with Crippen LogP contribution in [-0.2, 0) is 38.7 Å². The molecule has 336 valence electrons. The van der Waals surface area contributed by atoms with E-state index in [1.54, 1.807) is 0 Å². The van der Waals surface area contributed by atoms with Crippen molar-refractivity contribution in [1.29, 1.82) is 0 Å². The molecular formula is C45H78O12S. The highest BCUT2D eigenvalue weighted by atomic mass is 32.2. The SMILES string of the molecule is CCCCC/C=C/C/C=C/C/C=C/CCCCCCC(=O)O[C@H](COC(=O)CCCCCCC/C=C/CCCCCC)CO[C@H]1O[C@H](CS(=O)(=O)O)[C@@H](O)C(O)C1O. The minimum Gasteiger partial charge on any atom is -0.462 e. The molecule has 0 bridgehead atoms. The quantitative estimate of drug-likeness (QED) is 0.0204. The maximum atomic E-state index is 12.8. The van der Waals surface area contributed by atoms with Gasteiger partial charge in [-0.2, -0.15) is 8.42 Å². The molecule has 12 nitrogen and oxygen atoms in total. The van der Waals surface area contributed by atoms with Crippen LogP contribution in [0.1, 0.15) is 168 Å². The van der Waals surface area contributed by atoms with Crippen LogP contribution in [0.2, 0.25) is 0 Å². The summed E-state index contributed by atoms with van der Waals surface area (Å²) in [4.78, 5) is 25.4. The van der Waals surface area contributed by atoms with E-state index in [9.17, 15) is 37.9 Å². The summed E-state index contributed by atoms with van der Waals surface area (Å²) in [5.41, 5.74) is 0. The third-order valence-electron chi connectivity index (χ3n) is 9.88. The number of allylic oxidation sites excluding steroid dienone is 8. The van der Waals surface area contributed by atoms with Crippen LogP contribution in [0.3, 0.4) is 0 Å². The lowest BCUT2D eigenvalue weighted by atomic mass is 10.00. The number of rotatable bonds is 36. The summed E-state index contributed by atoms with van der Waals surface area (Å²) in [6.07, 6.45) is 31.5. The van der Waals surface area contributed by atoms with Crippen molar-refractivity contribution in [3.63, 3.8) is 0 Å². The molecule has 0 radical (unpaired) electrons. The summed E-state index contributed by atoms with van der Waals surface area (Å²) in [6.45, 7) is 3.68. The molecule has 1 rings (SSSR count). The number of hydrogen-bond acceptors (Lipinski definition) is 11. The summed E-state index contributed by atoms with van der Waals surface area (Å²) in [5, 5.41) is 30.8. The Bertz CT molecular complexity index is 1260. The second kappa shape index (κ2) is 35.4. The first-order valence-electron chi connectivity index (χ1n) is 22.2. The average molecular weight is 843 g/mol. The van der Waals surface area contributed by atoms with Crippen LogP contribution in [0, 0.1) is 0 Å². The molecule has 1 heterocycles. The van der Waals surface area contributed by atoms with E-state index in [4.69, 9.17) is 18.9 Å². The second-order valence-electron chi connectivity index (χ2n) is 15.4. The molecule has 0 amide bonds. The number of unbranched alkanes of at least 4 members (excludes halogenated alkanes) is 16. The van der Waals surface area contributed by atoms with Crippen molar-refractivity contribution in [2.75, 3.05) is 19.0 Å². The normalized spacial score (nSPS) is 20.8. The lowest BCUT2D eigenvalue weighted by Crippen LogP contribution is -2.60. The van der Waals surface area contributed by atoms with Crippen molar-refractivity contribution < 1.29 is 56.8 Å². The zero-order valence-corrected chi connectivity index (χ0v) is 36.5. The minimum atomic E-state index is -4.61. The van der Waals surface area contributed by atoms with Gasteiger partial charge < -0.3 is 34.3 Å². The maximum Gasteiger partial charge on any atom is 0.306 e. The van der Waals surface area contributed by atoms with Gasteiger partial charge in [-0.15, -0.1) is 0 Å². The van der Waals surface area contributed by atoms with Gasteiger partial charge in [0.05, 0.1) is 6.61 Å². The van der Waals surface area contributed by atoms with Crippen molar-refractivity contribution in [3.8, 4) is 0 Å². The predicted octanol–water partition coefficient (Wildman–Crippen LogP) is 8.78. The number of carbonyl (C=O) groups excluding carboxylic acids is 2. The van der Waals surface area contributed by atoms with Gasteiger partial charge in [0.2, 0.25) is 0 Å². The highest BCUT2D eigenvalue weighted by Gasteiger charge is 2.46. The summed E-state index contributed by atoms with van der Waals surface area (Å²) in [7, 11) is -4.61. The van der Waals surface area contributed by atoms with Crippen molar-refractivity contribution in [2.45, 2.75) is 205 Å². The smallest absolute Gasteiger partial charge is 0.306 e. The number of aliphatic hydroxyl groups excluding tert-OH is 3. The zero-order chi connectivity index (χ0) is 42.7. The Labute approximate surface area is 350 Å². The van der Waals surface area contributed by atoms with Gasteiger partial charge in [0, 0.05) is 12.8 Å². The van der Waals surface area contributed by atoms with Gasteiger partial charge in [-0.1, -0.05) is 127 Å². The monoisotopic (exact) mass is 843 g/mol. The molecule has 0 aliphatic carbocycles. The van der Waals surface area contributed by atoms with Crippen LogP contribution in [0.5, 0.6) is 0 Å². The van der Waals surface area contributed by atoms with E-state index in [0.29, 0.717) is 12.8 Å². The van der Waals surface area contributed by atoms with E-state index >= 15 is 0 Å². The van der Waals surface area contributed by atoms with Crippen molar-refractivity contribution >= 4 is 22.1 Å². The van der Waals surface area contributed by atoms with Crippen LogP contribution in [0.4, 0.5) is 0 Å². The number of esters is 2. The molecule has 0 aromatic heterocycles. The van der Waals surface area contributed by atoms with Gasteiger partial charge in [-0.25, -0.2) is 0 Å². The second-order valence-corrected chi connectivity index (χ2v) is 16.9. The summed E-state index contributed by atoms with van der Waals surface area (Å²) in [6, 6.07) is 0. The molecule has 13 heteroatoms. The summed E-state index contributed by atoms with van der Waals surface area (Å²) >= 11 is 0. The third-order valence-corrected chi connectivity index (χ3v) is 10.6. The number of ether oxygens (including phenoxy) is 4. The van der Waals surface area contributed by atoms with E-state index in [0.717, 1.165) is 83.5 Å². The summed E-state index contributed by atoms with van der Waals surface area (Å²) < 4.78 is 54.0. The third kappa shape index (κ3) is 29.8. The van der Waals surface area contributed by atoms with Gasteiger partial charge in [-0.05, 0) is 77.0 Å². The Morgan fingerprint density at radius 1 is 0.586 bits per heavy atom. The standard InChI is InChI=1S/C45H78O12S/c1-3-5-7-9-11-13-15-17-18-19-20-22-24-26-28-30-32-34-41(47)56-38(36-55-45-44(50)43(49)42(48)39(57-45)37-58(51,52)53)35-54-40(46)33-31-29-27-25-23-21-16-14-12-10-8-6-4-2/h11,13-14,16-18,20,22,38-39,42-45,48-50H,3-10,12,15,19,21,23-37H2,1-2H3,(H,51,52,53)/b13-11+,16-14+,18-17+,22-20+/t38-,39-,42-,43?,44?,45+/m1/s1. The van der Waals surface area contributed by atoms with E-state index in [2.05, 4.69) is 62.5 Å². The van der Waals surface area contributed by atoms with Crippen LogP contribution in [-0.4, -0.2) is 96.0 Å². The van der Waals surface area contributed by atoms with Crippen molar-refractivity contribution in [2.24, 2.45) is 0 Å². The van der Waals surface area contributed by atoms with Crippen LogP contribution in [0.25, 0.3) is 0 Å². The highest BCUT2D eigenvalue weighted by Crippen LogP contribution is 2.24. The molecule has 6 atom stereocenters. The van der Waals surface area contributed by atoms with E-state index in [1.807, 2.05) is 0 Å². The first-order chi connectivity index (χ1) is 28.0. The largest absolute Gasteiger partial charge is 0.462 e.